The number of aromatic nitrogens is 6. The second-order valence-electron chi connectivity index (χ2n) is 7.19. The van der Waals surface area contributed by atoms with Crippen molar-refractivity contribution in [2.24, 2.45) is 0 Å². The van der Waals surface area contributed by atoms with Crippen molar-refractivity contribution in [1.29, 1.82) is 0 Å². The predicted molar refractivity (Wildman–Crippen MR) is 97.6 cm³/mol. The fourth-order valence-corrected chi connectivity index (χ4v) is 3.86. The Balaban J connectivity index is 1.49. The molecule has 3 aliphatic rings. The van der Waals surface area contributed by atoms with Gasteiger partial charge >= 0.3 is 0 Å². The van der Waals surface area contributed by atoms with E-state index in [0.717, 1.165) is 41.4 Å². The van der Waals surface area contributed by atoms with E-state index in [9.17, 15) is 5.11 Å². The zero-order valence-corrected chi connectivity index (χ0v) is 15.0. The number of para-hydroxylation sites is 1. The van der Waals surface area contributed by atoms with Gasteiger partial charge in [0.05, 0.1) is 29.4 Å². The van der Waals surface area contributed by atoms with Crippen LogP contribution in [-0.2, 0) is 6.42 Å². The van der Waals surface area contributed by atoms with Gasteiger partial charge in [-0.2, -0.15) is 4.68 Å². The molecule has 1 aliphatic carbocycles. The number of hydrogen-bond acceptors (Lipinski definition) is 7. The summed E-state index contributed by atoms with van der Waals surface area (Å²) >= 11 is 6.27. The molecule has 1 aromatic carbocycles. The molecule has 0 spiro atoms. The Morgan fingerprint density at radius 1 is 1.15 bits per heavy atom. The molecule has 1 N–H and O–H groups in total. The molecule has 0 saturated heterocycles. The molecule has 0 unspecified atom stereocenters. The first-order valence-corrected chi connectivity index (χ1v) is 9.06. The number of benzene rings is 1. The van der Waals surface area contributed by atoms with E-state index in [1.54, 1.807) is 15.3 Å². The van der Waals surface area contributed by atoms with Crippen molar-refractivity contribution in [3.8, 4) is 17.3 Å². The first-order chi connectivity index (χ1) is 13.1. The molecule has 0 amide bonds. The van der Waals surface area contributed by atoms with Gasteiger partial charge in [0, 0.05) is 23.8 Å². The summed E-state index contributed by atoms with van der Waals surface area (Å²) in [6, 6.07) is 8.03. The van der Waals surface area contributed by atoms with Gasteiger partial charge < -0.3 is 10.0 Å². The van der Waals surface area contributed by atoms with Crippen molar-refractivity contribution < 1.29 is 5.11 Å². The molecule has 2 aliphatic heterocycles. The Hall–Kier alpha value is -2.91. The summed E-state index contributed by atoms with van der Waals surface area (Å²) in [5.41, 5.74) is 2.13. The summed E-state index contributed by atoms with van der Waals surface area (Å²) in [6.45, 7) is 0.528. The second kappa shape index (κ2) is 5.08. The lowest BCUT2D eigenvalue weighted by Gasteiger charge is -2.29. The molecule has 9 nitrogen and oxygen atoms in total. The van der Waals surface area contributed by atoms with Gasteiger partial charge in [-0.25, -0.2) is 4.57 Å². The van der Waals surface area contributed by atoms with Crippen LogP contribution in [-0.4, -0.2) is 51.6 Å². The molecule has 1 saturated carbocycles. The highest BCUT2D eigenvalue weighted by Gasteiger charge is 2.41. The molecule has 0 radical (unpaired) electrons. The van der Waals surface area contributed by atoms with Gasteiger partial charge in [0.1, 0.15) is 12.5 Å². The number of fused-ring (bicyclic) bond motifs is 6. The van der Waals surface area contributed by atoms with Crippen LogP contribution in [0.1, 0.15) is 18.5 Å². The van der Waals surface area contributed by atoms with Crippen LogP contribution >= 0.6 is 11.8 Å². The minimum atomic E-state index is -0.617. The normalized spacial score (nSPS) is 18.8. The predicted octanol–water partition coefficient (Wildman–Crippen LogP) is 1.60. The molecule has 10 heteroatoms. The maximum absolute atomic E-state index is 10.1. The van der Waals surface area contributed by atoms with Gasteiger partial charge in [-0.15, -0.1) is 15.3 Å². The summed E-state index contributed by atoms with van der Waals surface area (Å²) in [5, 5.41) is 27.3. The number of aliphatic hydroxyl groups is 1. The van der Waals surface area contributed by atoms with E-state index in [0.29, 0.717) is 19.0 Å². The SMILES string of the molecule is OC1(Cc2cn(-c3nnc4n3C3=CN(Cl)CN3c3ccccc3-4)nn2)CC1. The fourth-order valence-electron chi connectivity index (χ4n) is 3.66. The molecule has 6 rings (SSSR count). The van der Waals surface area contributed by atoms with Crippen LogP contribution in [0, 0.1) is 0 Å². The van der Waals surface area contributed by atoms with Crippen LogP contribution in [0.5, 0.6) is 0 Å². The molecule has 27 heavy (non-hydrogen) atoms. The van der Waals surface area contributed by atoms with Crippen LogP contribution in [0.4, 0.5) is 5.69 Å². The maximum Gasteiger partial charge on any atom is 0.259 e. The molecule has 1 fully saturated rings. The van der Waals surface area contributed by atoms with Gasteiger partial charge in [0.2, 0.25) is 0 Å². The van der Waals surface area contributed by atoms with Crippen LogP contribution in [0.2, 0.25) is 0 Å². The topological polar surface area (TPSA) is 88.1 Å². The third-order valence-electron chi connectivity index (χ3n) is 5.20. The lowest BCUT2D eigenvalue weighted by Crippen LogP contribution is -2.29. The smallest absolute Gasteiger partial charge is 0.259 e. The van der Waals surface area contributed by atoms with Gasteiger partial charge in [0.25, 0.3) is 5.95 Å². The Bertz CT molecular complexity index is 1100. The van der Waals surface area contributed by atoms with Gasteiger partial charge in [-0.3, -0.25) is 4.42 Å². The van der Waals surface area contributed by atoms with Crippen molar-refractivity contribution in [3.63, 3.8) is 0 Å². The lowest BCUT2D eigenvalue weighted by molar-refractivity contribution is 0.149. The number of nitrogens with zero attached hydrogens (tertiary/aromatic N) is 8. The molecule has 136 valence electrons. The Kier molecular flexibility index (Phi) is 2.86. The summed E-state index contributed by atoms with van der Waals surface area (Å²) in [4.78, 5) is 2.10. The van der Waals surface area contributed by atoms with Gasteiger partial charge in [0.15, 0.2) is 5.82 Å². The van der Waals surface area contributed by atoms with Crippen molar-refractivity contribution >= 4 is 23.3 Å². The third kappa shape index (κ3) is 2.22. The van der Waals surface area contributed by atoms with Crippen LogP contribution in [0.25, 0.3) is 23.2 Å². The quantitative estimate of drug-likeness (QED) is 0.688. The molecule has 0 bridgehead atoms. The second-order valence-corrected chi connectivity index (χ2v) is 7.62. The summed E-state index contributed by atoms with van der Waals surface area (Å²) in [6.07, 6.45) is 5.76. The number of anilines is 1. The first-order valence-electron chi connectivity index (χ1n) is 8.72. The lowest BCUT2D eigenvalue weighted by atomic mass is 10.1. The van der Waals surface area contributed by atoms with Gasteiger partial charge in [-0.05, 0) is 25.0 Å². The van der Waals surface area contributed by atoms with Crippen molar-refractivity contribution in [2.45, 2.75) is 24.9 Å². The largest absolute Gasteiger partial charge is 0.389 e. The van der Waals surface area contributed by atoms with Crippen LogP contribution < -0.4 is 4.90 Å². The van der Waals surface area contributed by atoms with Crippen molar-refractivity contribution in [3.05, 3.63) is 42.4 Å². The average Bonchev–Trinajstić information content (AvgIpc) is 3.06. The van der Waals surface area contributed by atoms with E-state index in [1.165, 1.54) is 0 Å². The average molecular weight is 383 g/mol. The van der Waals surface area contributed by atoms with Crippen LogP contribution in [0.3, 0.4) is 0 Å². The number of rotatable bonds is 3. The Labute approximate surface area is 159 Å². The van der Waals surface area contributed by atoms with E-state index in [1.807, 2.05) is 35.0 Å². The fraction of sp³-hybridized carbons (Fsp3) is 0.294. The molecule has 0 atom stereocenters. The van der Waals surface area contributed by atoms with Gasteiger partial charge in [-0.1, -0.05) is 17.3 Å². The van der Waals surface area contributed by atoms with E-state index < -0.39 is 5.60 Å². The summed E-state index contributed by atoms with van der Waals surface area (Å²) in [5.74, 6) is 2.12. The standard InChI is InChI=1S/C17H15ClN8O/c18-23-9-14-24(10-23)13-4-2-1-3-12(13)15-20-21-16(26(14)15)25-8-11(19-22-25)7-17(27)5-6-17/h1-4,8-9,27H,5-7,10H2. The number of hydrogen-bond donors (Lipinski definition) is 1. The highest BCUT2D eigenvalue weighted by molar-refractivity contribution is 6.15. The van der Waals surface area contributed by atoms with Crippen molar-refractivity contribution in [1.82, 2.24) is 34.2 Å². The Morgan fingerprint density at radius 3 is 2.85 bits per heavy atom. The van der Waals surface area contributed by atoms with E-state index >= 15 is 0 Å². The molecular weight excluding hydrogens is 368 g/mol. The number of halogens is 1. The molecule has 4 heterocycles. The minimum absolute atomic E-state index is 0.501. The minimum Gasteiger partial charge on any atom is -0.389 e. The van der Waals surface area contributed by atoms with Crippen LogP contribution in [0.15, 0.2) is 36.7 Å². The summed E-state index contributed by atoms with van der Waals surface area (Å²) < 4.78 is 5.12. The monoisotopic (exact) mass is 382 g/mol. The Morgan fingerprint density at radius 2 is 2.00 bits per heavy atom. The zero-order valence-electron chi connectivity index (χ0n) is 14.2. The zero-order chi connectivity index (χ0) is 18.2. The van der Waals surface area contributed by atoms with E-state index in [2.05, 4.69) is 25.4 Å². The molecular formula is C17H15ClN8O. The third-order valence-corrected chi connectivity index (χ3v) is 5.41. The maximum atomic E-state index is 10.1. The highest BCUT2D eigenvalue weighted by Crippen LogP contribution is 2.43. The molecule has 3 aromatic rings. The first kappa shape index (κ1) is 15.2. The molecule has 2 aromatic heterocycles. The highest BCUT2D eigenvalue weighted by atomic mass is 35.5. The summed E-state index contributed by atoms with van der Waals surface area (Å²) in [7, 11) is 0. The van der Waals surface area contributed by atoms with E-state index in [-0.39, 0.29) is 0 Å². The van der Waals surface area contributed by atoms with E-state index in [4.69, 9.17) is 11.8 Å². The van der Waals surface area contributed by atoms with Crippen molar-refractivity contribution in [2.75, 3.05) is 11.6 Å².